The summed E-state index contributed by atoms with van der Waals surface area (Å²) < 4.78 is 0. The fourth-order valence-corrected chi connectivity index (χ4v) is 2.63. The minimum absolute atomic E-state index is 0.257. The van der Waals surface area contributed by atoms with E-state index in [1.807, 2.05) is 0 Å². The topological polar surface area (TPSA) is 41.1 Å². The molecule has 2 rings (SSSR count). The molecule has 1 amide bonds. The van der Waals surface area contributed by atoms with Crippen LogP contribution in [0.4, 0.5) is 0 Å². The van der Waals surface area contributed by atoms with Crippen LogP contribution in [0.3, 0.4) is 0 Å². The molecule has 2 aliphatic rings. The Morgan fingerprint density at radius 1 is 1.25 bits per heavy atom. The van der Waals surface area contributed by atoms with Gasteiger partial charge >= 0.3 is 0 Å². The van der Waals surface area contributed by atoms with E-state index >= 15 is 0 Å². The summed E-state index contributed by atoms with van der Waals surface area (Å²) in [6.45, 7) is 6.36. The normalized spacial score (nSPS) is 28.0. The summed E-state index contributed by atoms with van der Waals surface area (Å²) in [5.74, 6) is 0.593. The zero-order valence-electron chi connectivity index (χ0n) is 10.5. The minimum atomic E-state index is 0.257. The molecule has 0 radical (unpaired) electrons. The van der Waals surface area contributed by atoms with Gasteiger partial charge in [0.15, 0.2) is 0 Å². The van der Waals surface area contributed by atoms with Gasteiger partial charge in [-0.3, -0.25) is 4.79 Å². The molecule has 16 heavy (non-hydrogen) atoms. The maximum Gasteiger partial charge on any atom is 0.223 e. The van der Waals surface area contributed by atoms with E-state index in [1.165, 1.54) is 19.3 Å². The molecule has 0 saturated heterocycles. The Bertz CT molecular complexity index is 259. The Morgan fingerprint density at radius 2 is 2.00 bits per heavy atom. The summed E-state index contributed by atoms with van der Waals surface area (Å²) in [6.07, 6.45) is 6.12. The average molecular weight is 224 g/mol. The number of hydrogen-bond donors (Lipinski definition) is 2. The third-order valence-electron chi connectivity index (χ3n) is 4.02. The van der Waals surface area contributed by atoms with Crippen molar-refractivity contribution < 1.29 is 4.79 Å². The van der Waals surface area contributed by atoms with Gasteiger partial charge in [-0.1, -0.05) is 20.3 Å². The second-order valence-corrected chi connectivity index (χ2v) is 5.95. The SMILES string of the molecule is CC1(C)CCCC1NCCNC(=O)C1CC1. The van der Waals surface area contributed by atoms with Crippen LogP contribution in [0, 0.1) is 11.3 Å². The Morgan fingerprint density at radius 3 is 2.56 bits per heavy atom. The zero-order valence-corrected chi connectivity index (χ0v) is 10.5. The molecule has 0 aromatic heterocycles. The monoisotopic (exact) mass is 224 g/mol. The van der Waals surface area contributed by atoms with E-state index in [2.05, 4.69) is 24.5 Å². The number of carbonyl (C=O) groups is 1. The predicted molar refractivity (Wildman–Crippen MR) is 65.2 cm³/mol. The van der Waals surface area contributed by atoms with Crippen molar-refractivity contribution in [3.8, 4) is 0 Å². The second-order valence-electron chi connectivity index (χ2n) is 5.95. The van der Waals surface area contributed by atoms with Crippen LogP contribution < -0.4 is 10.6 Å². The van der Waals surface area contributed by atoms with Crippen LogP contribution in [-0.2, 0) is 4.79 Å². The predicted octanol–water partition coefficient (Wildman–Crippen LogP) is 1.68. The van der Waals surface area contributed by atoms with Gasteiger partial charge in [-0.2, -0.15) is 0 Å². The molecule has 0 heterocycles. The molecular weight excluding hydrogens is 200 g/mol. The molecule has 2 aliphatic carbocycles. The highest BCUT2D eigenvalue weighted by Crippen LogP contribution is 2.36. The summed E-state index contributed by atoms with van der Waals surface area (Å²) in [6, 6.07) is 0.630. The highest BCUT2D eigenvalue weighted by Gasteiger charge is 2.33. The van der Waals surface area contributed by atoms with Crippen molar-refractivity contribution in [2.45, 2.75) is 52.0 Å². The van der Waals surface area contributed by atoms with Gasteiger partial charge < -0.3 is 10.6 Å². The summed E-state index contributed by atoms with van der Waals surface area (Å²) >= 11 is 0. The van der Waals surface area contributed by atoms with E-state index in [0.717, 1.165) is 25.9 Å². The summed E-state index contributed by atoms with van der Waals surface area (Å²) in [4.78, 5) is 11.4. The number of amides is 1. The van der Waals surface area contributed by atoms with Gasteiger partial charge in [0.2, 0.25) is 5.91 Å². The van der Waals surface area contributed by atoms with Crippen LogP contribution in [0.5, 0.6) is 0 Å². The summed E-state index contributed by atoms with van der Waals surface area (Å²) in [5, 5.41) is 6.57. The van der Waals surface area contributed by atoms with E-state index in [9.17, 15) is 4.79 Å². The highest BCUT2D eigenvalue weighted by atomic mass is 16.2. The lowest BCUT2D eigenvalue weighted by molar-refractivity contribution is -0.122. The number of nitrogens with one attached hydrogen (secondary N) is 2. The Hall–Kier alpha value is -0.570. The van der Waals surface area contributed by atoms with Crippen molar-refractivity contribution >= 4 is 5.91 Å². The number of carbonyl (C=O) groups excluding carboxylic acids is 1. The lowest BCUT2D eigenvalue weighted by atomic mass is 9.87. The van der Waals surface area contributed by atoms with E-state index in [1.54, 1.807) is 0 Å². The zero-order chi connectivity index (χ0) is 11.6. The molecule has 92 valence electrons. The largest absolute Gasteiger partial charge is 0.355 e. The molecule has 0 aromatic rings. The molecule has 0 spiro atoms. The first-order valence-corrected chi connectivity index (χ1v) is 6.61. The molecule has 2 N–H and O–H groups in total. The molecule has 0 bridgehead atoms. The van der Waals surface area contributed by atoms with Gasteiger partial charge in [-0.15, -0.1) is 0 Å². The van der Waals surface area contributed by atoms with Crippen LogP contribution >= 0.6 is 0 Å². The van der Waals surface area contributed by atoms with Crippen molar-refractivity contribution in [3.63, 3.8) is 0 Å². The van der Waals surface area contributed by atoms with Crippen LogP contribution in [0.1, 0.15) is 46.0 Å². The lowest BCUT2D eigenvalue weighted by Gasteiger charge is -2.28. The Balaban J connectivity index is 1.59. The molecular formula is C13H24N2O. The maximum absolute atomic E-state index is 11.4. The standard InChI is InChI=1S/C13H24N2O/c1-13(2)7-3-4-11(13)14-8-9-15-12(16)10-5-6-10/h10-11,14H,3-9H2,1-2H3,(H,15,16). The maximum atomic E-state index is 11.4. The molecule has 0 aromatic carbocycles. The van der Waals surface area contributed by atoms with Crippen LogP contribution in [0.25, 0.3) is 0 Å². The molecule has 3 nitrogen and oxygen atoms in total. The smallest absolute Gasteiger partial charge is 0.223 e. The summed E-state index contributed by atoms with van der Waals surface area (Å²) in [5.41, 5.74) is 0.431. The van der Waals surface area contributed by atoms with Gasteiger partial charge in [0, 0.05) is 25.0 Å². The van der Waals surface area contributed by atoms with E-state index in [4.69, 9.17) is 0 Å². The quantitative estimate of drug-likeness (QED) is 0.698. The van der Waals surface area contributed by atoms with Crippen molar-refractivity contribution in [1.82, 2.24) is 10.6 Å². The second kappa shape index (κ2) is 4.74. The third kappa shape index (κ3) is 2.97. The van der Waals surface area contributed by atoms with Gasteiger partial charge in [0.1, 0.15) is 0 Å². The first-order valence-electron chi connectivity index (χ1n) is 6.61. The molecule has 0 aliphatic heterocycles. The lowest BCUT2D eigenvalue weighted by Crippen LogP contribution is -2.42. The van der Waals surface area contributed by atoms with E-state index in [0.29, 0.717) is 17.4 Å². The summed E-state index contributed by atoms with van der Waals surface area (Å²) in [7, 11) is 0. The number of rotatable bonds is 5. The van der Waals surface area contributed by atoms with Gasteiger partial charge in [0.25, 0.3) is 0 Å². The molecule has 1 atom stereocenters. The first kappa shape index (κ1) is 11.9. The third-order valence-corrected chi connectivity index (χ3v) is 4.02. The van der Waals surface area contributed by atoms with Crippen LogP contribution in [-0.4, -0.2) is 25.0 Å². The van der Waals surface area contributed by atoms with Gasteiger partial charge in [-0.25, -0.2) is 0 Å². The average Bonchev–Trinajstić information content (AvgIpc) is 3.00. The molecule has 3 heteroatoms. The Labute approximate surface area is 98.4 Å². The van der Waals surface area contributed by atoms with Gasteiger partial charge in [0.05, 0.1) is 0 Å². The fraction of sp³-hybridized carbons (Fsp3) is 0.923. The minimum Gasteiger partial charge on any atom is -0.355 e. The van der Waals surface area contributed by atoms with Crippen LogP contribution in [0.15, 0.2) is 0 Å². The number of hydrogen-bond acceptors (Lipinski definition) is 2. The first-order chi connectivity index (χ1) is 7.59. The van der Waals surface area contributed by atoms with Crippen molar-refractivity contribution in [1.29, 1.82) is 0 Å². The molecule has 2 saturated carbocycles. The van der Waals surface area contributed by atoms with Crippen molar-refractivity contribution in [3.05, 3.63) is 0 Å². The van der Waals surface area contributed by atoms with Gasteiger partial charge in [-0.05, 0) is 31.1 Å². The fourth-order valence-electron chi connectivity index (χ4n) is 2.63. The Kier molecular flexibility index (Phi) is 3.53. The molecule has 1 unspecified atom stereocenters. The van der Waals surface area contributed by atoms with Crippen molar-refractivity contribution in [2.24, 2.45) is 11.3 Å². The van der Waals surface area contributed by atoms with E-state index < -0.39 is 0 Å². The van der Waals surface area contributed by atoms with Crippen molar-refractivity contribution in [2.75, 3.05) is 13.1 Å². The highest BCUT2D eigenvalue weighted by molar-refractivity contribution is 5.80. The van der Waals surface area contributed by atoms with E-state index in [-0.39, 0.29) is 5.91 Å². The van der Waals surface area contributed by atoms with Crippen LogP contribution in [0.2, 0.25) is 0 Å². The molecule has 2 fully saturated rings.